The van der Waals surface area contributed by atoms with E-state index in [1.165, 1.54) is 0 Å². The van der Waals surface area contributed by atoms with Crippen molar-refractivity contribution in [2.75, 3.05) is 33.4 Å². The van der Waals surface area contributed by atoms with Gasteiger partial charge in [-0.1, -0.05) is 30.3 Å². The second-order valence-corrected chi connectivity index (χ2v) is 5.48. The van der Waals surface area contributed by atoms with E-state index >= 15 is 0 Å². The number of likely N-dealkylation sites (N-methyl/N-ethyl adjacent to an activating group) is 1. The second kappa shape index (κ2) is 9.45. The largest absolute Gasteiger partial charge is 0.492 e. The molecular weight excluding hydrogens is 304 g/mol. The summed E-state index contributed by atoms with van der Waals surface area (Å²) in [5, 5.41) is 2.82. The van der Waals surface area contributed by atoms with Crippen molar-refractivity contribution in [3.05, 3.63) is 60.2 Å². The molecule has 0 aliphatic rings. The highest BCUT2D eigenvalue weighted by Gasteiger charge is 2.07. The third kappa shape index (κ3) is 6.20. The van der Waals surface area contributed by atoms with Crippen LogP contribution < -0.4 is 14.8 Å². The van der Waals surface area contributed by atoms with Gasteiger partial charge in [-0.3, -0.25) is 0 Å². The molecular formula is C19H24N2O3. The van der Waals surface area contributed by atoms with E-state index < -0.39 is 0 Å². The Morgan fingerprint density at radius 3 is 2.46 bits per heavy atom. The standard InChI is InChI=1S/C19H24N2O3/c1-16-7-6-10-18(15-16)23-13-11-20-19(22)21(2)12-14-24-17-8-4-3-5-9-17/h3-10,15H,11-14H2,1-2H3,(H,20,22). The molecule has 128 valence electrons. The number of ether oxygens (including phenoxy) is 2. The highest BCUT2D eigenvalue weighted by Crippen LogP contribution is 2.11. The monoisotopic (exact) mass is 328 g/mol. The Morgan fingerprint density at radius 1 is 1.00 bits per heavy atom. The van der Waals surface area contributed by atoms with E-state index in [-0.39, 0.29) is 6.03 Å². The van der Waals surface area contributed by atoms with Gasteiger partial charge >= 0.3 is 6.03 Å². The summed E-state index contributed by atoms with van der Waals surface area (Å²) in [6, 6.07) is 17.2. The smallest absolute Gasteiger partial charge is 0.317 e. The molecule has 0 saturated carbocycles. The minimum Gasteiger partial charge on any atom is -0.492 e. The molecule has 0 unspecified atom stereocenters. The molecule has 0 spiro atoms. The number of carbonyl (C=O) groups excluding carboxylic acids is 1. The van der Waals surface area contributed by atoms with Crippen molar-refractivity contribution in [3.8, 4) is 11.5 Å². The molecule has 0 atom stereocenters. The molecule has 0 saturated heterocycles. The minimum absolute atomic E-state index is 0.139. The van der Waals surface area contributed by atoms with E-state index in [0.717, 1.165) is 17.1 Å². The van der Waals surface area contributed by atoms with E-state index in [0.29, 0.717) is 26.3 Å². The molecule has 1 N–H and O–H groups in total. The van der Waals surface area contributed by atoms with Crippen LogP contribution in [-0.2, 0) is 0 Å². The Bertz CT molecular complexity index is 632. The van der Waals surface area contributed by atoms with Crippen LogP contribution in [0.3, 0.4) is 0 Å². The lowest BCUT2D eigenvalue weighted by Crippen LogP contribution is -2.40. The van der Waals surface area contributed by atoms with Gasteiger partial charge in [0, 0.05) is 7.05 Å². The third-order valence-corrected chi connectivity index (χ3v) is 3.42. The summed E-state index contributed by atoms with van der Waals surface area (Å²) in [5.41, 5.74) is 1.15. The topological polar surface area (TPSA) is 50.8 Å². The van der Waals surface area contributed by atoms with Gasteiger partial charge in [-0.25, -0.2) is 4.79 Å². The predicted molar refractivity (Wildman–Crippen MR) is 94.6 cm³/mol. The fraction of sp³-hybridized carbons (Fsp3) is 0.316. The summed E-state index contributed by atoms with van der Waals surface area (Å²) in [5.74, 6) is 1.62. The zero-order chi connectivity index (χ0) is 17.2. The van der Waals surface area contributed by atoms with Gasteiger partial charge in [-0.05, 0) is 36.8 Å². The van der Waals surface area contributed by atoms with E-state index in [4.69, 9.17) is 9.47 Å². The lowest BCUT2D eigenvalue weighted by atomic mass is 10.2. The summed E-state index contributed by atoms with van der Waals surface area (Å²) in [6.45, 7) is 3.87. The van der Waals surface area contributed by atoms with Crippen molar-refractivity contribution < 1.29 is 14.3 Å². The Hall–Kier alpha value is -2.69. The first kappa shape index (κ1) is 17.7. The average Bonchev–Trinajstić information content (AvgIpc) is 2.59. The Kier molecular flexibility index (Phi) is 6.95. The molecule has 2 aromatic rings. The number of rotatable bonds is 8. The number of carbonyl (C=O) groups is 1. The SMILES string of the molecule is Cc1cccc(OCCNC(=O)N(C)CCOc2ccccc2)c1. The van der Waals surface area contributed by atoms with Gasteiger partial charge in [0.2, 0.25) is 0 Å². The number of para-hydroxylation sites is 1. The first-order chi connectivity index (χ1) is 11.6. The minimum atomic E-state index is -0.139. The first-order valence-electron chi connectivity index (χ1n) is 8.01. The lowest BCUT2D eigenvalue weighted by molar-refractivity contribution is 0.192. The number of hydrogen-bond donors (Lipinski definition) is 1. The Morgan fingerprint density at radius 2 is 1.71 bits per heavy atom. The number of urea groups is 1. The maximum atomic E-state index is 12.0. The summed E-state index contributed by atoms with van der Waals surface area (Å²) in [7, 11) is 1.74. The molecule has 5 heteroatoms. The van der Waals surface area contributed by atoms with Crippen LogP contribution in [0.15, 0.2) is 54.6 Å². The van der Waals surface area contributed by atoms with Crippen molar-refractivity contribution in [1.82, 2.24) is 10.2 Å². The highest BCUT2D eigenvalue weighted by atomic mass is 16.5. The van der Waals surface area contributed by atoms with Crippen molar-refractivity contribution >= 4 is 6.03 Å². The number of hydrogen-bond acceptors (Lipinski definition) is 3. The van der Waals surface area contributed by atoms with Gasteiger partial charge in [-0.15, -0.1) is 0 Å². The number of nitrogens with one attached hydrogen (secondary N) is 1. The Labute approximate surface area is 143 Å². The average molecular weight is 328 g/mol. The quantitative estimate of drug-likeness (QED) is 0.758. The van der Waals surface area contributed by atoms with Gasteiger partial charge < -0.3 is 19.7 Å². The van der Waals surface area contributed by atoms with Crippen LogP contribution in [0.25, 0.3) is 0 Å². The summed E-state index contributed by atoms with van der Waals surface area (Å²) in [4.78, 5) is 13.5. The van der Waals surface area contributed by atoms with E-state index in [2.05, 4.69) is 5.32 Å². The zero-order valence-electron chi connectivity index (χ0n) is 14.2. The molecule has 24 heavy (non-hydrogen) atoms. The number of aryl methyl sites for hydroxylation is 1. The molecule has 0 heterocycles. The molecule has 2 aromatic carbocycles. The predicted octanol–water partition coefficient (Wildman–Crippen LogP) is 3.09. The van der Waals surface area contributed by atoms with Crippen LogP contribution in [0.2, 0.25) is 0 Å². The maximum absolute atomic E-state index is 12.0. The van der Waals surface area contributed by atoms with Crippen LogP contribution >= 0.6 is 0 Å². The fourth-order valence-corrected chi connectivity index (χ4v) is 2.09. The van der Waals surface area contributed by atoms with Crippen molar-refractivity contribution in [3.63, 3.8) is 0 Å². The normalized spacial score (nSPS) is 10.1. The summed E-state index contributed by atoms with van der Waals surface area (Å²) in [6.07, 6.45) is 0. The first-order valence-corrected chi connectivity index (χ1v) is 8.01. The van der Waals surface area contributed by atoms with E-state index in [1.807, 2.05) is 61.5 Å². The van der Waals surface area contributed by atoms with Gasteiger partial charge in [-0.2, -0.15) is 0 Å². The molecule has 0 aliphatic carbocycles. The van der Waals surface area contributed by atoms with Gasteiger partial charge in [0.1, 0.15) is 24.7 Å². The Balaban J connectivity index is 1.59. The number of amides is 2. The number of benzene rings is 2. The highest BCUT2D eigenvalue weighted by molar-refractivity contribution is 5.73. The van der Waals surface area contributed by atoms with Gasteiger partial charge in [0.15, 0.2) is 0 Å². The third-order valence-electron chi connectivity index (χ3n) is 3.42. The fourth-order valence-electron chi connectivity index (χ4n) is 2.09. The molecule has 2 rings (SSSR count). The molecule has 0 bridgehead atoms. The zero-order valence-corrected chi connectivity index (χ0v) is 14.2. The second-order valence-electron chi connectivity index (χ2n) is 5.48. The van der Waals surface area contributed by atoms with Gasteiger partial charge in [0.25, 0.3) is 0 Å². The van der Waals surface area contributed by atoms with Crippen LogP contribution in [0, 0.1) is 6.92 Å². The molecule has 2 amide bonds. The van der Waals surface area contributed by atoms with Crippen molar-refractivity contribution in [2.45, 2.75) is 6.92 Å². The molecule has 0 fully saturated rings. The van der Waals surface area contributed by atoms with Gasteiger partial charge in [0.05, 0.1) is 13.1 Å². The number of nitrogens with zero attached hydrogens (tertiary/aromatic N) is 1. The van der Waals surface area contributed by atoms with Crippen LogP contribution in [-0.4, -0.2) is 44.3 Å². The van der Waals surface area contributed by atoms with Crippen LogP contribution in [0.1, 0.15) is 5.56 Å². The summed E-state index contributed by atoms with van der Waals surface area (Å²) >= 11 is 0. The molecule has 0 aromatic heterocycles. The molecule has 0 radical (unpaired) electrons. The van der Waals surface area contributed by atoms with Crippen LogP contribution in [0.4, 0.5) is 4.79 Å². The van der Waals surface area contributed by atoms with Crippen LogP contribution in [0.5, 0.6) is 11.5 Å². The lowest BCUT2D eigenvalue weighted by Gasteiger charge is -2.18. The van der Waals surface area contributed by atoms with Crippen molar-refractivity contribution in [1.29, 1.82) is 0 Å². The maximum Gasteiger partial charge on any atom is 0.317 e. The van der Waals surface area contributed by atoms with Crippen molar-refractivity contribution in [2.24, 2.45) is 0 Å². The summed E-state index contributed by atoms with van der Waals surface area (Å²) < 4.78 is 11.2. The van der Waals surface area contributed by atoms with E-state index in [9.17, 15) is 4.79 Å². The molecule has 5 nitrogen and oxygen atoms in total. The van der Waals surface area contributed by atoms with E-state index in [1.54, 1.807) is 11.9 Å². The molecule has 0 aliphatic heterocycles.